The van der Waals surface area contributed by atoms with Crippen LogP contribution in [0.15, 0.2) is 18.3 Å². The molecular formula is C12H15ClN4O. The van der Waals surface area contributed by atoms with Gasteiger partial charge >= 0.3 is 0 Å². The van der Waals surface area contributed by atoms with Gasteiger partial charge in [-0.1, -0.05) is 0 Å². The molecule has 2 aromatic heterocycles. The summed E-state index contributed by atoms with van der Waals surface area (Å²) in [6, 6.07) is 3.72. The molecular weight excluding hydrogens is 252 g/mol. The Balaban J connectivity index is 2.44. The fourth-order valence-corrected chi connectivity index (χ4v) is 1.89. The third-order valence-electron chi connectivity index (χ3n) is 2.69. The van der Waals surface area contributed by atoms with Gasteiger partial charge in [0.2, 0.25) is 5.91 Å². The van der Waals surface area contributed by atoms with Crippen molar-refractivity contribution in [3.8, 4) is 0 Å². The van der Waals surface area contributed by atoms with Crippen LogP contribution in [0.2, 0.25) is 0 Å². The molecule has 0 unspecified atom stereocenters. The van der Waals surface area contributed by atoms with Gasteiger partial charge in [-0.15, -0.1) is 11.6 Å². The highest BCUT2D eigenvalue weighted by molar-refractivity contribution is 6.17. The molecule has 6 heteroatoms. The Kier molecular flexibility index (Phi) is 3.81. The molecule has 5 nitrogen and oxygen atoms in total. The number of amides is 1. The second-order valence-electron chi connectivity index (χ2n) is 4.19. The van der Waals surface area contributed by atoms with E-state index in [4.69, 9.17) is 11.6 Å². The van der Waals surface area contributed by atoms with Gasteiger partial charge in [-0.05, 0) is 12.1 Å². The minimum absolute atomic E-state index is 0.00998. The summed E-state index contributed by atoms with van der Waals surface area (Å²) in [7, 11) is 3.46. The summed E-state index contributed by atoms with van der Waals surface area (Å²) in [6.07, 6.45) is 2.32. The van der Waals surface area contributed by atoms with E-state index in [0.29, 0.717) is 12.3 Å². The zero-order valence-corrected chi connectivity index (χ0v) is 11.2. The maximum Gasteiger partial charge on any atom is 0.242 e. The van der Waals surface area contributed by atoms with Gasteiger partial charge in [0.1, 0.15) is 17.9 Å². The number of nitrogens with zero attached hydrogens (tertiary/aromatic N) is 4. The molecule has 2 rings (SSSR count). The Bertz CT molecular complexity index is 564. The summed E-state index contributed by atoms with van der Waals surface area (Å²) in [5, 5.41) is 0. The van der Waals surface area contributed by atoms with Crippen LogP contribution in [0, 0.1) is 0 Å². The molecule has 2 aromatic rings. The van der Waals surface area contributed by atoms with Crippen LogP contribution in [-0.2, 0) is 17.8 Å². The Morgan fingerprint density at radius 2 is 2.28 bits per heavy atom. The van der Waals surface area contributed by atoms with Crippen LogP contribution < -0.4 is 0 Å². The summed E-state index contributed by atoms with van der Waals surface area (Å²) < 4.78 is 1.83. The molecule has 0 aromatic carbocycles. The second kappa shape index (κ2) is 5.35. The van der Waals surface area contributed by atoms with Gasteiger partial charge < -0.3 is 9.47 Å². The number of hydrogen-bond acceptors (Lipinski definition) is 3. The highest BCUT2D eigenvalue weighted by Crippen LogP contribution is 2.14. The van der Waals surface area contributed by atoms with E-state index in [-0.39, 0.29) is 12.5 Å². The number of imidazole rings is 1. The number of rotatable bonds is 4. The lowest BCUT2D eigenvalue weighted by Crippen LogP contribution is -2.27. The van der Waals surface area contributed by atoms with Crippen molar-refractivity contribution in [2.24, 2.45) is 0 Å². The van der Waals surface area contributed by atoms with E-state index in [1.165, 1.54) is 0 Å². The molecule has 0 radical (unpaired) electrons. The van der Waals surface area contributed by atoms with Crippen molar-refractivity contribution >= 4 is 28.7 Å². The van der Waals surface area contributed by atoms with Gasteiger partial charge in [-0.3, -0.25) is 4.79 Å². The van der Waals surface area contributed by atoms with Gasteiger partial charge in [0.25, 0.3) is 0 Å². The number of carbonyl (C=O) groups is 1. The number of aromatic nitrogens is 3. The summed E-state index contributed by atoms with van der Waals surface area (Å²) in [5.41, 5.74) is 1.52. The third-order valence-corrected chi connectivity index (χ3v) is 2.88. The van der Waals surface area contributed by atoms with Gasteiger partial charge in [0.05, 0.1) is 0 Å². The van der Waals surface area contributed by atoms with Crippen molar-refractivity contribution in [3.05, 3.63) is 24.2 Å². The van der Waals surface area contributed by atoms with Crippen LogP contribution in [-0.4, -0.2) is 45.3 Å². The maximum atomic E-state index is 11.8. The van der Waals surface area contributed by atoms with Crippen molar-refractivity contribution in [3.63, 3.8) is 0 Å². The molecule has 0 aliphatic rings. The number of likely N-dealkylation sites (N-methyl/N-ethyl adjacent to an activating group) is 1. The van der Waals surface area contributed by atoms with Gasteiger partial charge in [-0.2, -0.15) is 0 Å². The van der Waals surface area contributed by atoms with Crippen molar-refractivity contribution in [1.29, 1.82) is 0 Å². The van der Waals surface area contributed by atoms with Crippen molar-refractivity contribution in [2.75, 3.05) is 20.0 Å². The van der Waals surface area contributed by atoms with Crippen LogP contribution in [0.25, 0.3) is 11.2 Å². The van der Waals surface area contributed by atoms with E-state index in [1.54, 1.807) is 25.2 Å². The second-order valence-corrected chi connectivity index (χ2v) is 4.57. The number of pyridine rings is 1. The molecule has 0 bridgehead atoms. The minimum Gasteiger partial charge on any atom is -0.347 e. The zero-order chi connectivity index (χ0) is 13.1. The van der Waals surface area contributed by atoms with Gasteiger partial charge in [0.15, 0.2) is 5.65 Å². The molecule has 0 saturated heterocycles. The van der Waals surface area contributed by atoms with Crippen LogP contribution in [0.1, 0.15) is 5.82 Å². The highest BCUT2D eigenvalue weighted by Gasteiger charge is 2.14. The molecule has 0 spiro atoms. The zero-order valence-electron chi connectivity index (χ0n) is 10.4. The number of fused-ring (bicyclic) bond motifs is 1. The van der Waals surface area contributed by atoms with E-state index < -0.39 is 0 Å². The summed E-state index contributed by atoms with van der Waals surface area (Å²) in [4.78, 5) is 22.1. The molecule has 2 heterocycles. The molecule has 96 valence electrons. The van der Waals surface area contributed by atoms with E-state index in [1.807, 2.05) is 16.7 Å². The Hall–Kier alpha value is -1.62. The fraction of sp³-hybridized carbons (Fsp3) is 0.417. The number of halogens is 1. The van der Waals surface area contributed by atoms with Crippen LogP contribution in [0.4, 0.5) is 0 Å². The first-order valence-corrected chi connectivity index (χ1v) is 6.23. The smallest absolute Gasteiger partial charge is 0.242 e. The molecule has 0 aliphatic carbocycles. The topological polar surface area (TPSA) is 51.0 Å². The van der Waals surface area contributed by atoms with Crippen LogP contribution in [0.3, 0.4) is 0 Å². The average molecular weight is 267 g/mol. The standard InChI is InChI=1S/C12H15ClN4O/c1-16(2)11(18)8-17-10(5-6-13)15-9-4-3-7-14-12(9)17/h3-4,7H,5-6,8H2,1-2H3. The lowest BCUT2D eigenvalue weighted by Gasteiger charge is -2.12. The third kappa shape index (κ3) is 2.46. The first-order chi connectivity index (χ1) is 8.63. The molecule has 0 saturated carbocycles. The SMILES string of the molecule is CN(C)C(=O)Cn1c(CCCl)nc2cccnc21. The van der Waals surface area contributed by atoms with Gasteiger partial charge in [-0.25, -0.2) is 9.97 Å². The van der Waals surface area contributed by atoms with E-state index in [9.17, 15) is 4.79 Å². The number of aryl methyl sites for hydroxylation is 1. The summed E-state index contributed by atoms with van der Waals surface area (Å²) in [6.45, 7) is 0.243. The minimum atomic E-state index is 0.00998. The molecule has 0 atom stereocenters. The molecule has 0 N–H and O–H groups in total. The summed E-state index contributed by atoms with van der Waals surface area (Å²) >= 11 is 5.77. The van der Waals surface area contributed by atoms with E-state index in [2.05, 4.69) is 9.97 Å². The molecule has 1 amide bonds. The highest BCUT2D eigenvalue weighted by atomic mass is 35.5. The summed E-state index contributed by atoms with van der Waals surface area (Å²) in [5.74, 6) is 1.28. The van der Waals surface area contributed by atoms with Gasteiger partial charge in [0, 0.05) is 32.6 Å². The number of carbonyl (C=O) groups excluding carboxylic acids is 1. The molecule has 0 fully saturated rings. The first-order valence-electron chi connectivity index (χ1n) is 5.69. The Labute approximate surface area is 110 Å². The maximum absolute atomic E-state index is 11.8. The lowest BCUT2D eigenvalue weighted by molar-refractivity contribution is -0.129. The van der Waals surface area contributed by atoms with Crippen molar-refractivity contribution in [2.45, 2.75) is 13.0 Å². The van der Waals surface area contributed by atoms with E-state index >= 15 is 0 Å². The lowest BCUT2D eigenvalue weighted by atomic mass is 10.4. The molecule has 0 aliphatic heterocycles. The quantitative estimate of drug-likeness (QED) is 0.784. The number of alkyl halides is 1. The monoisotopic (exact) mass is 266 g/mol. The van der Waals surface area contributed by atoms with Crippen molar-refractivity contribution in [1.82, 2.24) is 19.4 Å². The van der Waals surface area contributed by atoms with Crippen molar-refractivity contribution < 1.29 is 4.79 Å². The fourth-order valence-electron chi connectivity index (χ4n) is 1.72. The average Bonchev–Trinajstić information content (AvgIpc) is 2.68. The van der Waals surface area contributed by atoms with Crippen LogP contribution in [0.5, 0.6) is 0 Å². The largest absolute Gasteiger partial charge is 0.347 e. The van der Waals surface area contributed by atoms with E-state index in [0.717, 1.165) is 17.0 Å². The number of hydrogen-bond donors (Lipinski definition) is 0. The predicted molar refractivity (Wildman–Crippen MR) is 70.6 cm³/mol. The Morgan fingerprint density at radius 3 is 2.94 bits per heavy atom. The van der Waals surface area contributed by atoms with Crippen LogP contribution >= 0.6 is 11.6 Å². The predicted octanol–water partition coefficient (Wildman–Crippen LogP) is 1.30. The first kappa shape index (κ1) is 12.8. The normalized spacial score (nSPS) is 10.8. The molecule has 18 heavy (non-hydrogen) atoms. The Morgan fingerprint density at radius 1 is 1.50 bits per heavy atom.